The maximum Gasteiger partial charge on any atom is 0.191 e. The van der Waals surface area contributed by atoms with E-state index in [0.717, 1.165) is 64.9 Å². The highest BCUT2D eigenvalue weighted by Gasteiger charge is 2.23. The van der Waals surface area contributed by atoms with E-state index >= 15 is 0 Å². The SMILES string of the molecule is COc1cccc(CSc2nnc(-c3c[nH]c4ccccc34)n2CC2CCCO2)c1. The molecule has 1 fully saturated rings. The van der Waals surface area contributed by atoms with Gasteiger partial charge in [-0.25, -0.2) is 0 Å². The van der Waals surface area contributed by atoms with Gasteiger partial charge in [0.05, 0.1) is 19.8 Å². The van der Waals surface area contributed by atoms with Crippen molar-refractivity contribution in [1.29, 1.82) is 0 Å². The summed E-state index contributed by atoms with van der Waals surface area (Å²) in [4.78, 5) is 3.35. The Morgan fingerprint density at radius 2 is 2.13 bits per heavy atom. The van der Waals surface area contributed by atoms with E-state index in [2.05, 4.69) is 50.1 Å². The standard InChI is InChI=1S/C23H24N4O2S/c1-28-17-7-4-6-16(12-17)15-30-23-26-25-22(27(23)14-18-8-5-11-29-18)20-13-24-21-10-3-2-9-19(20)21/h2-4,6-7,9-10,12-13,18,24H,5,8,11,14-15H2,1H3. The number of aromatic nitrogens is 4. The van der Waals surface area contributed by atoms with Crippen molar-refractivity contribution >= 4 is 22.7 Å². The Balaban J connectivity index is 1.47. The van der Waals surface area contributed by atoms with Crippen molar-refractivity contribution in [2.75, 3.05) is 13.7 Å². The highest BCUT2D eigenvalue weighted by Crippen LogP contribution is 2.32. The van der Waals surface area contributed by atoms with Crippen LogP contribution in [0.15, 0.2) is 59.9 Å². The molecule has 1 aliphatic rings. The summed E-state index contributed by atoms with van der Waals surface area (Å²) in [5.74, 6) is 2.55. The predicted molar refractivity (Wildman–Crippen MR) is 119 cm³/mol. The molecule has 0 amide bonds. The molecule has 3 heterocycles. The zero-order valence-corrected chi connectivity index (χ0v) is 17.7. The summed E-state index contributed by atoms with van der Waals surface area (Å²) in [5.41, 5.74) is 3.37. The zero-order chi connectivity index (χ0) is 20.3. The van der Waals surface area contributed by atoms with Crippen molar-refractivity contribution in [3.63, 3.8) is 0 Å². The van der Waals surface area contributed by atoms with Crippen LogP contribution in [0.1, 0.15) is 18.4 Å². The number of hydrogen-bond acceptors (Lipinski definition) is 5. The fourth-order valence-corrected chi connectivity index (χ4v) is 4.81. The first-order chi connectivity index (χ1) is 14.8. The summed E-state index contributed by atoms with van der Waals surface area (Å²) < 4.78 is 13.5. The Morgan fingerprint density at radius 1 is 1.20 bits per heavy atom. The number of H-pyrrole nitrogens is 1. The molecule has 2 aromatic heterocycles. The van der Waals surface area contributed by atoms with Crippen LogP contribution >= 0.6 is 11.8 Å². The maximum absolute atomic E-state index is 5.92. The molecule has 4 aromatic rings. The minimum absolute atomic E-state index is 0.209. The van der Waals surface area contributed by atoms with E-state index in [1.54, 1.807) is 18.9 Å². The van der Waals surface area contributed by atoms with Crippen LogP contribution in [0, 0.1) is 0 Å². The topological polar surface area (TPSA) is 65.0 Å². The smallest absolute Gasteiger partial charge is 0.191 e. The van der Waals surface area contributed by atoms with Gasteiger partial charge >= 0.3 is 0 Å². The second-order valence-electron chi connectivity index (χ2n) is 7.44. The highest BCUT2D eigenvalue weighted by atomic mass is 32.2. The number of para-hydroxylation sites is 1. The molecule has 1 atom stereocenters. The second-order valence-corrected chi connectivity index (χ2v) is 8.38. The third kappa shape index (κ3) is 3.82. The maximum atomic E-state index is 5.92. The van der Waals surface area contributed by atoms with Crippen LogP contribution in [0.3, 0.4) is 0 Å². The molecule has 1 aliphatic heterocycles. The number of rotatable bonds is 7. The van der Waals surface area contributed by atoms with Crippen LogP contribution in [0.5, 0.6) is 5.75 Å². The van der Waals surface area contributed by atoms with Crippen LogP contribution in [-0.4, -0.2) is 39.6 Å². The van der Waals surface area contributed by atoms with Crippen LogP contribution in [-0.2, 0) is 17.0 Å². The summed E-state index contributed by atoms with van der Waals surface area (Å²) in [7, 11) is 1.69. The third-order valence-electron chi connectivity index (χ3n) is 5.46. The summed E-state index contributed by atoms with van der Waals surface area (Å²) in [5, 5.41) is 11.2. The number of benzene rings is 2. The van der Waals surface area contributed by atoms with Crippen LogP contribution in [0.4, 0.5) is 0 Å². The average molecular weight is 421 g/mol. The number of methoxy groups -OCH3 is 1. The normalized spacial score (nSPS) is 16.4. The molecular formula is C23H24N4O2S. The van der Waals surface area contributed by atoms with Crippen molar-refractivity contribution in [2.45, 2.75) is 36.4 Å². The lowest BCUT2D eigenvalue weighted by atomic mass is 10.1. The molecule has 0 bridgehead atoms. The Kier molecular flexibility index (Phi) is 5.46. The van der Waals surface area contributed by atoms with Crippen molar-refractivity contribution in [3.8, 4) is 17.1 Å². The first-order valence-corrected chi connectivity index (χ1v) is 11.2. The molecule has 154 valence electrons. The number of ether oxygens (including phenoxy) is 2. The minimum Gasteiger partial charge on any atom is -0.497 e. The number of aromatic amines is 1. The van der Waals surface area contributed by atoms with E-state index in [0.29, 0.717) is 0 Å². The molecule has 0 spiro atoms. The average Bonchev–Trinajstić information content (AvgIpc) is 3.53. The minimum atomic E-state index is 0.209. The molecule has 5 rings (SSSR count). The molecular weight excluding hydrogens is 396 g/mol. The van der Waals surface area contributed by atoms with Gasteiger partial charge in [0.2, 0.25) is 0 Å². The van der Waals surface area contributed by atoms with Crippen molar-refractivity contribution in [2.24, 2.45) is 0 Å². The van der Waals surface area contributed by atoms with Crippen molar-refractivity contribution in [1.82, 2.24) is 19.7 Å². The molecule has 1 unspecified atom stereocenters. The Morgan fingerprint density at radius 3 is 3.00 bits per heavy atom. The van der Waals surface area contributed by atoms with E-state index in [-0.39, 0.29) is 6.10 Å². The molecule has 0 aliphatic carbocycles. The van der Waals surface area contributed by atoms with Crippen LogP contribution in [0.2, 0.25) is 0 Å². The van der Waals surface area contributed by atoms with Gasteiger partial charge in [-0.1, -0.05) is 42.1 Å². The molecule has 1 saturated heterocycles. The molecule has 6 nitrogen and oxygen atoms in total. The molecule has 1 N–H and O–H groups in total. The van der Waals surface area contributed by atoms with Gasteiger partial charge in [0.1, 0.15) is 5.75 Å². The fraction of sp³-hybridized carbons (Fsp3) is 0.304. The Hall–Kier alpha value is -2.77. The van der Waals surface area contributed by atoms with Gasteiger partial charge in [-0.15, -0.1) is 10.2 Å². The van der Waals surface area contributed by atoms with Gasteiger partial charge in [0.15, 0.2) is 11.0 Å². The highest BCUT2D eigenvalue weighted by molar-refractivity contribution is 7.98. The van der Waals surface area contributed by atoms with Gasteiger partial charge in [-0.2, -0.15) is 0 Å². The summed E-state index contributed by atoms with van der Waals surface area (Å²) in [6.07, 6.45) is 4.42. The van der Waals surface area contributed by atoms with E-state index in [1.165, 1.54) is 5.56 Å². The summed E-state index contributed by atoms with van der Waals surface area (Å²) in [6.45, 7) is 1.60. The largest absolute Gasteiger partial charge is 0.497 e. The summed E-state index contributed by atoms with van der Waals surface area (Å²) in [6, 6.07) is 16.4. The lowest BCUT2D eigenvalue weighted by Crippen LogP contribution is -2.16. The molecule has 0 saturated carbocycles. The van der Waals surface area contributed by atoms with Crippen LogP contribution in [0.25, 0.3) is 22.3 Å². The predicted octanol–water partition coefficient (Wildman–Crippen LogP) is 4.91. The number of thioether (sulfide) groups is 1. The van der Waals surface area contributed by atoms with Crippen molar-refractivity contribution < 1.29 is 9.47 Å². The summed E-state index contributed by atoms with van der Waals surface area (Å²) >= 11 is 1.69. The monoisotopic (exact) mass is 420 g/mol. The quantitative estimate of drug-likeness (QED) is 0.431. The fourth-order valence-electron chi connectivity index (χ4n) is 3.92. The Labute approximate surface area is 179 Å². The zero-order valence-electron chi connectivity index (χ0n) is 16.9. The van der Waals surface area contributed by atoms with Gasteiger partial charge in [0.25, 0.3) is 0 Å². The Bertz CT molecular complexity index is 1150. The molecule has 0 radical (unpaired) electrons. The number of hydrogen-bond donors (Lipinski definition) is 1. The van der Waals surface area contributed by atoms with E-state index < -0.39 is 0 Å². The third-order valence-corrected chi connectivity index (χ3v) is 6.50. The number of fused-ring (bicyclic) bond motifs is 1. The van der Waals surface area contributed by atoms with E-state index in [1.807, 2.05) is 24.4 Å². The van der Waals surface area contributed by atoms with Gasteiger partial charge in [-0.3, -0.25) is 4.57 Å². The molecule has 7 heteroatoms. The van der Waals surface area contributed by atoms with Gasteiger partial charge in [-0.05, 0) is 36.6 Å². The first kappa shape index (κ1) is 19.2. The van der Waals surface area contributed by atoms with E-state index in [4.69, 9.17) is 9.47 Å². The van der Waals surface area contributed by atoms with Gasteiger partial charge in [0, 0.05) is 35.0 Å². The molecule has 2 aromatic carbocycles. The lowest BCUT2D eigenvalue weighted by molar-refractivity contribution is 0.0953. The van der Waals surface area contributed by atoms with E-state index in [9.17, 15) is 0 Å². The first-order valence-electron chi connectivity index (χ1n) is 10.2. The second kappa shape index (κ2) is 8.53. The van der Waals surface area contributed by atoms with Crippen molar-refractivity contribution in [3.05, 3.63) is 60.3 Å². The van der Waals surface area contributed by atoms with Crippen LogP contribution < -0.4 is 4.74 Å². The van der Waals surface area contributed by atoms with Gasteiger partial charge < -0.3 is 14.5 Å². The number of nitrogens with zero attached hydrogens (tertiary/aromatic N) is 3. The lowest BCUT2D eigenvalue weighted by Gasteiger charge is -2.14. The molecule has 30 heavy (non-hydrogen) atoms. The number of nitrogens with one attached hydrogen (secondary N) is 1.